The predicted octanol–water partition coefficient (Wildman–Crippen LogP) is 1.68. The quantitative estimate of drug-likeness (QED) is 0.724. The van der Waals surface area contributed by atoms with Crippen LogP contribution in [0.5, 0.6) is 5.75 Å². The van der Waals surface area contributed by atoms with E-state index in [1.54, 1.807) is 12.1 Å². The molecule has 0 amide bonds. The summed E-state index contributed by atoms with van der Waals surface area (Å²) in [6, 6.07) is 5.37. The second-order valence-corrected chi connectivity index (χ2v) is 3.20. The van der Waals surface area contributed by atoms with E-state index in [0.29, 0.717) is 24.5 Å². The van der Waals surface area contributed by atoms with Crippen molar-refractivity contribution in [2.45, 2.75) is 19.8 Å². The van der Waals surface area contributed by atoms with Crippen LogP contribution in [0, 0.1) is 0 Å². The Kier molecular flexibility index (Phi) is 3.97. The standard InChI is InChI=1S/C11H15NO3/c1-2-15-10-5-3-8(7-9(10)12)4-6-11(13)14/h3,5,7H,2,4,6,12H2,1H3,(H,13,14). The predicted molar refractivity (Wildman–Crippen MR) is 58.0 cm³/mol. The topological polar surface area (TPSA) is 72.5 Å². The van der Waals surface area contributed by atoms with Gasteiger partial charge >= 0.3 is 5.97 Å². The lowest BCUT2D eigenvalue weighted by molar-refractivity contribution is -0.136. The van der Waals surface area contributed by atoms with Gasteiger partial charge in [0.1, 0.15) is 5.75 Å². The smallest absolute Gasteiger partial charge is 0.303 e. The molecule has 0 saturated heterocycles. The number of aliphatic carboxylic acids is 1. The Balaban J connectivity index is 2.68. The highest BCUT2D eigenvalue weighted by Gasteiger charge is 2.03. The molecule has 0 atom stereocenters. The molecule has 0 aromatic heterocycles. The third kappa shape index (κ3) is 3.50. The van der Waals surface area contributed by atoms with Gasteiger partial charge in [0.15, 0.2) is 0 Å². The van der Waals surface area contributed by atoms with Gasteiger partial charge in [0.05, 0.1) is 12.3 Å². The van der Waals surface area contributed by atoms with E-state index in [9.17, 15) is 4.79 Å². The Morgan fingerprint density at radius 3 is 2.80 bits per heavy atom. The van der Waals surface area contributed by atoms with Crippen LogP contribution in [0.4, 0.5) is 5.69 Å². The zero-order valence-corrected chi connectivity index (χ0v) is 8.69. The molecule has 0 saturated carbocycles. The monoisotopic (exact) mass is 209 g/mol. The zero-order valence-electron chi connectivity index (χ0n) is 8.69. The number of rotatable bonds is 5. The molecule has 0 fully saturated rings. The molecule has 0 aliphatic rings. The van der Waals surface area contributed by atoms with Crippen LogP contribution in [0.3, 0.4) is 0 Å². The van der Waals surface area contributed by atoms with Gasteiger partial charge in [-0.1, -0.05) is 6.07 Å². The van der Waals surface area contributed by atoms with Gasteiger partial charge < -0.3 is 15.6 Å². The van der Waals surface area contributed by atoms with Crippen molar-refractivity contribution in [3.63, 3.8) is 0 Å². The van der Waals surface area contributed by atoms with Crippen LogP contribution in [-0.4, -0.2) is 17.7 Å². The molecule has 1 aromatic rings. The van der Waals surface area contributed by atoms with E-state index in [4.69, 9.17) is 15.6 Å². The van der Waals surface area contributed by atoms with Gasteiger partial charge in [-0.05, 0) is 31.0 Å². The van der Waals surface area contributed by atoms with Gasteiger partial charge in [0.25, 0.3) is 0 Å². The second-order valence-electron chi connectivity index (χ2n) is 3.20. The summed E-state index contributed by atoms with van der Waals surface area (Å²) < 4.78 is 5.28. The molecule has 0 unspecified atom stereocenters. The maximum absolute atomic E-state index is 10.4. The molecule has 0 bridgehead atoms. The lowest BCUT2D eigenvalue weighted by Gasteiger charge is -2.08. The molecule has 3 N–H and O–H groups in total. The molecule has 0 radical (unpaired) electrons. The Morgan fingerprint density at radius 2 is 2.27 bits per heavy atom. The van der Waals surface area contributed by atoms with Crippen molar-refractivity contribution in [2.24, 2.45) is 0 Å². The van der Waals surface area contributed by atoms with Crippen molar-refractivity contribution >= 4 is 11.7 Å². The average molecular weight is 209 g/mol. The third-order valence-electron chi connectivity index (χ3n) is 2.00. The highest BCUT2D eigenvalue weighted by molar-refractivity contribution is 5.67. The van der Waals surface area contributed by atoms with Gasteiger partial charge in [-0.2, -0.15) is 0 Å². The minimum atomic E-state index is -0.803. The van der Waals surface area contributed by atoms with Crippen molar-refractivity contribution in [2.75, 3.05) is 12.3 Å². The first kappa shape index (κ1) is 11.4. The van der Waals surface area contributed by atoms with E-state index >= 15 is 0 Å². The summed E-state index contributed by atoms with van der Waals surface area (Å²) in [7, 11) is 0. The normalized spacial score (nSPS) is 9.93. The van der Waals surface area contributed by atoms with Crippen LogP contribution >= 0.6 is 0 Å². The maximum atomic E-state index is 10.4. The molecule has 4 nitrogen and oxygen atoms in total. The molecule has 0 aliphatic heterocycles. The van der Waals surface area contributed by atoms with Gasteiger partial charge in [0.2, 0.25) is 0 Å². The van der Waals surface area contributed by atoms with Gasteiger partial charge in [-0.25, -0.2) is 0 Å². The molecule has 0 heterocycles. The number of carboxylic acid groups (broad SMARTS) is 1. The van der Waals surface area contributed by atoms with E-state index in [2.05, 4.69) is 0 Å². The van der Waals surface area contributed by atoms with Crippen LogP contribution < -0.4 is 10.5 Å². The Bertz CT molecular complexity index is 350. The molecular weight excluding hydrogens is 194 g/mol. The second kappa shape index (κ2) is 5.24. The summed E-state index contributed by atoms with van der Waals surface area (Å²) >= 11 is 0. The summed E-state index contributed by atoms with van der Waals surface area (Å²) in [6.07, 6.45) is 0.610. The van der Waals surface area contributed by atoms with E-state index in [0.717, 1.165) is 5.56 Å². The van der Waals surface area contributed by atoms with Crippen LogP contribution in [0.15, 0.2) is 18.2 Å². The fraction of sp³-hybridized carbons (Fsp3) is 0.364. The fourth-order valence-corrected chi connectivity index (χ4v) is 1.29. The first-order chi connectivity index (χ1) is 7.13. The molecule has 0 spiro atoms. The number of aryl methyl sites for hydroxylation is 1. The van der Waals surface area contributed by atoms with Crippen LogP contribution in [-0.2, 0) is 11.2 Å². The summed E-state index contributed by atoms with van der Waals surface area (Å²) in [4.78, 5) is 10.4. The number of ether oxygens (including phenoxy) is 1. The van der Waals surface area contributed by atoms with Crippen molar-refractivity contribution < 1.29 is 14.6 Å². The number of anilines is 1. The molecule has 0 aliphatic carbocycles. The Labute approximate surface area is 88.7 Å². The van der Waals surface area contributed by atoms with Crippen LogP contribution in [0.2, 0.25) is 0 Å². The van der Waals surface area contributed by atoms with Gasteiger partial charge in [-0.15, -0.1) is 0 Å². The number of benzene rings is 1. The largest absolute Gasteiger partial charge is 0.492 e. The van der Waals surface area contributed by atoms with Gasteiger partial charge in [0, 0.05) is 6.42 Å². The number of nitrogens with two attached hydrogens (primary N) is 1. The molecular formula is C11H15NO3. The molecule has 1 aromatic carbocycles. The number of hydrogen-bond acceptors (Lipinski definition) is 3. The molecule has 82 valence electrons. The van der Waals surface area contributed by atoms with Gasteiger partial charge in [-0.3, -0.25) is 4.79 Å². The van der Waals surface area contributed by atoms with Crippen molar-refractivity contribution in [3.05, 3.63) is 23.8 Å². The third-order valence-corrected chi connectivity index (χ3v) is 2.00. The lowest BCUT2D eigenvalue weighted by atomic mass is 10.1. The minimum absolute atomic E-state index is 0.118. The lowest BCUT2D eigenvalue weighted by Crippen LogP contribution is -2.00. The van der Waals surface area contributed by atoms with Crippen LogP contribution in [0.1, 0.15) is 18.9 Å². The molecule has 15 heavy (non-hydrogen) atoms. The van der Waals surface area contributed by atoms with Crippen molar-refractivity contribution in [1.29, 1.82) is 0 Å². The number of carboxylic acids is 1. The van der Waals surface area contributed by atoms with Crippen molar-refractivity contribution in [3.8, 4) is 5.75 Å². The Hall–Kier alpha value is -1.71. The minimum Gasteiger partial charge on any atom is -0.492 e. The number of nitrogen functional groups attached to an aromatic ring is 1. The average Bonchev–Trinajstić information content (AvgIpc) is 2.19. The zero-order chi connectivity index (χ0) is 11.3. The highest BCUT2D eigenvalue weighted by Crippen LogP contribution is 2.22. The molecule has 1 rings (SSSR count). The number of carbonyl (C=O) groups is 1. The van der Waals surface area contributed by atoms with E-state index in [-0.39, 0.29) is 6.42 Å². The first-order valence-corrected chi connectivity index (χ1v) is 4.86. The van der Waals surface area contributed by atoms with E-state index < -0.39 is 5.97 Å². The fourth-order valence-electron chi connectivity index (χ4n) is 1.29. The highest BCUT2D eigenvalue weighted by atomic mass is 16.5. The summed E-state index contributed by atoms with van der Waals surface area (Å²) in [5.74, 6) is -0.154. The summed E-state index contributed by atoms with van der Waals surface area (Å²) in [5, 5.41) is 8.53. The molecule has 4 heteroatoms. The van der Waals surface area contributed by atoms with Crippen molar-refractivity contribution in [1.82, 2.24) is 0 Å². The summed E-state index contributed by atoms with van der Waals surface area (Å²) in [5.41, 5.74) is 7.21. The Morgan fingerprint density at radius 1 is 1.53 bits per heavy atom. The van der Waals surface area contributed by atoms with Crippen LogP contribution in [0.25, 0.3) is 0 Å². The maximum Gasteiger partial charge on any atom is 0.303 e. The van der Waals surface area contributed by atoms with E-state index in [1.165, 1.54) is 0 Å². The SMILES string of the molecule is CCOc1ccc(CCC(=O)O)cc1N. The van der Waals surface area contributed by atoms with E-state index in [1.807, 2.05) is 13.0 Å². The number of hydrogen-bond donors (Lipinski definition) is 2. The summed E-state index contributed by atoms with van der Waals surface area (Å²) in [6.45, 7) is 2.45. The first-order valence-electron chi connectivity index (χ1n) is 4.86.